The molecule has 1 aliphatic carbocycles. The summed E-state index contributed by atoms with van der Waals surface area (Å²) in [7, 11) is -3.52. The Morgan fingerprint density at radius 1 is 1.19 bits per heavy atom. The molecule has 3 atom stereocenters. The number of rotatable bonds is 3. The van der Waals surface area contributed by atoms with Crippen LogP contribution >= 0.6 is 0 Å². The van der Waals surface area contributed by atoms with Crippen LogP contribution in [0.25, 0.3) is 0 Å². The number of nitrogen functional groups attached to an aromatic ring is 1. The Morgan fingerprint density at radius 3 is 2.48 bits per heavy atom. The van der Waals surface area contributed by atoms with E-state index in [1.165, 1.54) is 0 Å². The standard InChI is InChI=1S/C16H26N2O2S/c1-10-5-8-15(12(3)9-10)18-21(19,20)16-11(2)6-7-14(17)13(16)4/h6-7,10,12,15,18H,5,8-9,17H2,1-4H3. The van der Waals surface area contributed by atoms with Crippen molar-refractivity contribution >= 4 is 15.7 Å². The second kappa shape index (κ2) is 5.97. The maximum Gasteiger partial charge on any atom is 0.241 e. The van der Waals surface area contributed by atoms with Crippen LogP contribution in [0.2, 0.25) is 0 Å². The Labute approximate surface area is 128 Å². The van der Waals surface area contributed by atoms with Crippen LogP contribution in [0.5, 0.6) is 0 Å². The third-order valence-corrected chi connectivity index (χ3v) is 6.43. The maximum atomic E-state index is 12.8. The lowest BCUT2D eigenvalue weighted by molar-refractivity contribution is 0.249. The maximum absolute atomic E-state index is 12.8. The minimum Gasteiger partial charge on any atom is -0.398 e. The Hall–Kier alpha value is -1.07. The number of hydrogen-bond donors (Lipinski definition) is 2. The zero-order valence-electron chi connectivity index (χ0n) is 13.3. The van der Waals surface area contributed by atoms with Crippen molar-refractivity contribution in [3.05, 3.63) is 23.3 Å². The molecule has 5 heteroatoms. The van der Waals surface area contributed by atoms with Crippen molar-refractivity contribution in [1.82, 2.24) is 4.72 Å². The van der Waals surface area contributed by atoms with E-state index in [-0.39, 0.29) is 6.04 Å². The van der Waals surface area contributed by atoms with E-state index >= 15 is 0 Å². The first-order valence-corrected chi connectivity index (χ1v) is 9.08. The van der Waals surface area contributed by atoms with Gasteiger partial charge in [0.25, 0.3) is 0 Å². The summed E-state index contributed by atoms with van der Waals surface area (Å²) >= 11 is 0. The second-order valence-corrected chi connectivity index (χ2v) is 8.20. The molecule has 1 aliphatic rings. The highest BCUT2D eigenvalue weighted by Crippen LogP contribution is 2.31. The Balaban J connectivity index is 2.29. The fourth-order valence-corrected chi connectivity index (χ4v) is 5.23. The molecular weight excluding hydrogens is 284 g/mol. The molecule has 3 N–H and O–H groups in total. The summed E-state index contributed by atoms with van der Waals surface area (Å²) in [5, 5.41) is 0. The molecule has 1 saturated carbocycles. The zero-order chi connectivity index (χ0) is 15.8. The monoisotopic (exact) mass is 310 g/mol. The molecule has 1 fully saturated rings. The van der Waals surface area contributed by atoms with Gasteiger partial charge >= 0.3 is 0 Å². The molecule has 2 rings (SSSR count). The van der Waals surface area contributed by atoms with Gasteiger partial charge in [0.2, 0.25) is 10.0 Å². The van der Waals surface area contributed by atoms with Gasteiger partial charge in [-0.15, -0.1) is 0 Å². The number of aryl methyl sites for hydroxylation is 1. The quantitative estimate of drug-likeness (QED) is 0.843. The third-order valence-electron chi connectivity index (χ3n) is 4.65. The number of sulfonamides is 1. The molecule has 0 aliphatic heterocycles. The highest BCUT2D eigenvalue weighted by atomic mass is 32.2. The number of hydrogen-bond acceptors (Lipinski definition) is 3. The van der Waals surface area contributed by atoms with Crippen molar-refractivity contribution in [2.24, 2.45) is 11.8 Å². The first-order chi connectivity index (χ1) is 9.72. The molecule has 0 spiro atoms. The fraction of sp³-hybridized carbons (Fsp3) is 0.625. The first-order valence-electron chi connectivity index (χ1n) is 7.60. The lowest BCUT2D eigenvalue weighted by atomic mass is 9.80. The van der Waals surface area contributed by atoms with Gasteiger partial charge in [-0.3, -0.25) is 0 Å². The Bertz CT molecular complexity index is 625. The van der Waals surface area contributed by atoms with Crippen molar-refractivity contribution in [2.75, 3.05) is 5.73 Å². The van der Waals surface area contributed by atoms with Crippen LogP contribution in [-0.2, 0) is 10.0 Å². The van der Waals surface area contributed by atoms with E-state index < -0.39 is 10.0 Å². The molecule has 3 unspecified atom stereocenters. The van der Waals surface area contributed by atoms with Crippen molar-refractivity contribution in [1.29, 1.82) is 0 Å². The molecule has 0 aromatic heterocycles. The largest absolute Gasteiger partial charge is 0.398 e. The summed E-state index contributed by atoms with van der Waals surface area (Å²) in [6.07, 6.45) is 3.05. The number of anilines is 1. The Morgan fingerprint density at radius 2 is 1.86 bits per heavy atom. The van der Waals surface area contributed by atoms with Gasteiger partial charge < -0.3 is 5.73 Å². The predicted octanol–water partition coefficient (Wildman–Crippen LogP) is 2.99. The molecule has 0 heterocycles. The van der Waals surface area contributed by atoms with Crippen LogP contribution in [0.15, 0.2) is 17.0 Å². The topological polar surface area (TPSA) is 72.2 Å². The minimum atomic E-state index is -3.52. The van der Waals surface area contributed by atoms with Crippen molar-refractivity contribution in [3.8, 4) is 0 Å². The average molecular weight is 310 g/mol. The molecular formula is C16H26N2O2S. The van der Waals surface area contributed by atoms with Gasteiger partial charge in [0.05, 0.1) is 4.90 Å². The van der Waals surface area contributed by atoms with Gasteiger partial charge in [0, 0.05) is 11.7 Å². The Kier molecular flexibility index (Phi) is 4.63. The van der Waals surface area contributed by atoms with Crippen molar-refractivity contribution in [2.45, 2.75) is 57.9 Å². The lowest BCUT2D eigenvalue weighted by Gasteiger charge is -2.33. The molecule has 4 nitrogen and oxygen atoms in total. The molecule has 1 aromatic rings. The fourth-order valence-electron chi connectivity index (χ4n) is 3.35. The highest BCUT2D eigenvalue weighted by Gasteiger charge is 2.30. The smallest absolute Gasteiger partial charge is 0.241 e. The normalized spacial score (nSPS) is 26.8. The second-order valence-electron chi connectivity index (χ2n) is 6.55. The van der Waals surface area contributed by atoms with Crippen LogP contribution in [0.4, 0.5) is 5.69 Å². The van der Waals surface area contributed by atoms with E-state index in [1.807, 2.05) is 6.92 Å². The number of nitrogens with two attached hydrogens (primary N) is 1. The van der Waals surface area contributed by atoms with E-state index in [0.29, 0.717) is 28.0 Å². The predicted molar refractivity (Wildman–Crippen MR) is 86.6 cm³/mol. The average Bonchev–Trinajstić information content (AvgIpc) is 2.37. The third kappa shape index (κ3) is 3.40. The molecule has 21 heavy (non-hydrogen) atoms. The van der Waals surface area contributed by atoms with Gasteiger partial charge in [0.1, 0.15) is 0 Å². The van der Waals surface area contributed by atoms with E-state index in [0.717, 1.165) is 24.8 Å². The highest BCUT2D eigenvalue weighted by molar-refractivity contribution is 7.89. The van der Waals surface area contributed by atoms with Crippen LogP contribution < -0.4 is 10.5 Å². The van der Waals surface area contributed by atoms with E-state index in [2.05, 4.69) is 18.6 Å². The van der Waals surface area contributed by atoms with Crippen molar-refractivity contribution < 1.29 is 8.42 Å². The SMILES string of the molecule is Cc1ccc(N)c(C)c1S(=O)(=O)NC1CCC(C)CC1C. The van der Waals surface area contributed by atoms with Gasteiger partial charge in [-0.2, -0.15) is 0 Å². The summed E-state index contributed by atoms with van der Waals surface area (Å²) < 4.78 is 28.4. The van der Waals surface area contributed by atoms with Crippen LogP contribution in [0.1, 0.15) is 44.2 Å². The molecule has 118 valence electrons. The molecule has 0 amide bonds. The summed E-state index contributed by atoms with van der Waals surface area (Å²) in [6.45, 7) is 7.94. The van der Waals surface area contributed by atoms with Crippen molar-refractivity contribution in [3.63, 3.8) is 0 Å². The summed E-state index contributed by atoms with van der Waals surface area (Å²) in [5.41, 5.74) is 7.77. The van der Waals surface area contributed by atoms with Gasteiger partial charge in [-0.25, -0.2) is 13.1 Å². The van der Waals surface area contributed by atoms with Gasteiger partial charge in [0.15, 0.2) is 0 Å². The lowest BCUT2D eigenvalue weighted by Crippen LogP contribution is -2.42. The molecule has 0 bridgehead atoms. The molecule has 1 aromatic carbocycles. The molecule has 0 radical (unpaired) electrons. The van der Waals surface area contributed by atoms with Gasteiger partial charge in [-0.05, 0) is 62.1 Å². The van der Waals surface area contributed by atoms with Gasteiger partial charge in [-0.1, -0.05) is 19.9 Å². The number of nitrogens with one attached hydrogen (secondary N) is 1. The number of benzene rings is 1. The summed E-state index contributed by atoms with van der Waals surface area (Å²) in [5.74, 6) is 1.04. The summed E-state index contributed by atoms with van der Waals surface area (Å²) in [4.78, 5) is 0.341. The van der Waals surface area contributed by atoms with E-state index in [4.69, 9.17) is 5.73 Å². The van der Waals surface area contributed by atoms with E-state index in [1.54, 1.807) is 19.1 Å². The summed E-state index contributed by atoms with van der Waals surface area (Å²) in [6, 6.07) is 3.55. The van der Waals surface area contributed by atoms with Crippen LogP contribution in [0.3, 0.4) is 0 Å². The zero-order valence-corrected chi connectivity index (χ0v) is 14.1. The van der Waals surface area contributed by atoms with Crippen LogP contribution in [-0.4, -0.2) is 14.5 Å². The molecule has 0 saturated heterocycles. The first kappa shape index (κ1) is 16.3. The van der Waals surface area contributed by atoms with Crippen LogP contribution in [0, 0.1) is 25.7 Å². The minimum absolute atomic E-state index is 0.0198. The van der Waals surface area contributed by atoms with E-state index in [9.17, 15) is 8.42 Å².